The minimum atomic E-state index is -0.316. The summed E-state index contributed by atoms with van der Waals surface area (Å²) in [4.78, 5) is 17.2. The van der Waals surface area contributed by atoms with Gasteiger partial charge >= 0.3 is 14.0 Å². The Balaban J connectivity index is 1.10. The van der Waals surface area contributed by atoms with E-state index in [4.69, 9.17) is 0 Å². The molecule has 9 aliphatic rings. The van der Waals surface area contributed by atoms with Gasteiger partial charge in [0.2, 0.25) is 0 Å². The van der Waals surface area contributed by atoms with Crippen molar-refractivity contribution in [3.05, 3.63) is 149 Å². The molecular weight excluding hydrogens is 874 g/mol. The summed E-state index contributed by atoms with van der Waals surface area (Å²) in [6.07, 6.45) is 18.5. The zero-order valence-corrected chi connectivity index (χ0v) is 42.7. The molecule has 0 spiro atoms. The molecule has 0 radical (unpaired) electrons. The van der Waals surface area contributed by atoms with Crippen LogP contribution < -0.4 is 30.2 Å². The lowest BCUT2D eigenvalue weighted by Gasteiger charge is -2.61. The molecule has 0 saturated heterocycles. The number of nitrogens with zero attached hydrogens (tertiary/aromatic N) is 4. The first kappa shape index (κ1) is 41.8. The van der Waals surface area contributed by atoms with Crippen LogP contribution >= 0.6 is 23.5 Å². The first-order valence-corrected chi connectivity index (χ1v) is 28.2. The lowest BCUT2D eigenvalue weighted by atomic mass is 9.49. The van der Waals surface area contributed by atoms with Gasteiger partial charge in [0.1, 0.15) is 0 Å². The van der Waals surface area contributed by atoms with Crippen molar-refractivity contribution in [1.29, 1.82) is 0 Å². The molecule has 0 bridgehead atoms. The molecule has 8 heteroatoms. The van der Waals surface area contributed by atoms with Gasteiger partial charge in [-0.2, -0.15) is 0 Å². The molecule has 69 heavy (non-hydrogen) atoms. The molecule has 2 saturated carbocycles. The third-order valence-corrected chi connectivity index (χ3v) is 21.9. The highest BCUT2D eigenvalue weighted by molar-refractivity contribution is 8.00. The molecular formula is C61H62B2N4S2. The van der Waals surface area contributed by atoms with E-state index in [-0.39, 0.29) is 30.2 Å². The Kier molecular flexibility index (Phi) is 8.99. The fourth-order valence-corrected chi connectivity index (χ4v) is 18.1. The summed E-state index contributed by atoms with van der Waals surface area (Å²) in [6.45, 7) is 13.3. The number of para-hydroxylation sites is 2. The second-order valence-electron chi connectivity index (χ2n) is 23.4. The normalized spacial score (nSPS) is 24.3. The number of fused-ring (bicyclic) bond motifs is 20. The van der Waals surface area contributed by atoms with E-state index < -0.39 is 0 Å². The Morgan fingerprint density at radius 2 is 1.03 bits per heavy atom. The molecule has 0 N–H and O–H groups in total. The van der Waals surface area contributed by atoms with Crippen molar-refractivity contribution >= 4 is 88.2 Å². The van der Waals surface area contributed by atoms with Gasteiger partial charge in [-0.3, -0.25) is 0 Å². The van der Waals surface area contributed by atoms with Gasteiger partial charge in [-0.05, 0) is 115 Å². The van der Waals surface area contributed by atoms with Crippen molar-refractivity contribution < 1.29 is 0 Å². The van der Waals surface area contributed by atoms with Crippen molar-refractivity contribution in [3.63, 3.8) is 0 Å². The fraction of sp³-hybridized carbons (Fsp3) is 0.377. The first-order chi connectivity index (χ1) is 33.6. The zero-order chi connectivity index (χ0) is 46.1. The van der Waals surface area contributed by atoms with Gasteiger partial charge in [-0.15, -0.1) is 0 Å². The molecule has 6 aliphatic heterocycles. The van der Waals surface area contributed by atoms with Crippen molar-refractivity contribution in [2.24, 2.45) is 11.3 Å². The second kappa shape index (κ2) is 14.8. The second-order valence-corrected chi connectivity index (χ2v) is 25.6. The minimum absolute atomic E-state index is 0.0117. The Hall–Kier alpha value is -4.91. The van der Waals surface area contributed by atoms with Gasteiger partial charge < -0.3 is 19.2 Å². The summed E-state index contributed by atoms with van der Waals surface area (Å²) in [6, 6.07) is 45.9. The lowest BCUT2D eigenvalue weighted by Crippen LogP contribution is -2.67. The zero-order valence-electron chi connectivity index (χ0n) is 41.0. The van der Waals surface area contributed by atoms with Gasteiger partial charge in [0.05, 0.1) is 22.7 Å². The maximum absolute atomic E-state index is 3.07. The number of hydrogen-bond acceptors (Lipinski definition) is 6. The highest BCUT2D eigenvalue weighted by Crippen LogP contribution is 2.74. The number of hydrogen-bond donors (Lipinski definition) is 0. The van der Waals surface area contributed by atoms with Crippen LogP contribution in [0.15, 0.2) is 146 Å². The minimum Gasteiger partial charge on any atom is -0.386 e. The number of rotatable bonds is 2. The predicted octanol–water partition coefficient (Wildman–Crippen LogP) is 15.3. The summed E-state index contributed by atoms with van der Waals surface area (Å²) >= 11 is 3.94. The third-order valence-electron chi connectivity index (χ3n) is 19.5. The number of allylic oxidation sites excluding steroid dienone is 1. The quantitative estimate of drug-likeness (QED) is 0.126. The maximum Gasteiger partial charge on any atom is 0.421 e. The highest BCUT2D eigenvalue weighted by atomic mass is 32.2. The van der Waals surface area contributed by atoms with Crippen LogP contribution in [0.25, 0.3) is 0 Å². The average molecular weight is 937 g/mol. The summed E-state index contributed by atoms with van der Waals surface area (Å²) < 4.78 is 0. The summed E-state index contributed by atoms with van der Waals surface area (Å²) in [5.74, 6) is 1.33. The van der Waals surface area contributed by atoms with E-state index in [1.807, 2.05) is 23.5 Å². The number of anilines is 7. The predicted molar refractivity (Wildman–Crippen MR) is 293 cm³/mol. The van der Waals surface area contributed by atoms with E-state index in [1.165, 1.54) is 146 Å². The smallest absolute Gasteiger partial charge is 0.386 e. The molecule has 15 rings (SSSR count). The third kappa shape index (κ3) is 5.49. The van der Waals surface area contributed by atoms with E-state index in [0.717, 1.165) is 12.8 Å². The Labute approximate surface area is 419 Å². The van der Waals surface area contributed by atoms with Crippen LogP contribution in [0.3, 0.4) is 0 Å². The van der Waals surface area contributed by atoms with E-state index >= 15 is 0 Å². The summed E-state index contributed by atoms with van der Waals surface area (Å²) in [5.41, 5.74) is 20.0. The molecule has 6 heterocycles. The molecule has 6 aromatic rings. The molecule has 0 aromatic heterocycles. The van der Waals surface area contributed by atoms with Gasteiger partial charge in [0, 0.05) is 70.1 Å². The Bertz CT molecular complexity index is 3200. The average Bonchev–Trinajstić information content (AvgIpc) is 3.79. The molecule has 2 unspecified atom stereocenters. The summed E-state index contributed by atoms with van der Waals surface area (Å²) in [7, 11) is 0. The molecule has 6 aromatic carbocycles. The largest absolute Gasteiger partial charge is 0.421 e. The SMILES string of the molecule is CC1(C)c2cc(C3CCCCC3)ccc2N2B3c4ccccc4Sc4ccccc4N3c3c2c1c1c2c3C(C)(C)C3(C)CC(C4CCCCC4)=CCC3N2B2c3ccccc3Sc3ccccc3N21. The van der Waals surface area contributed by atoms with Crippen molar-refractivity contribution in [1.82, 2.24) is 0 Å². The Morgan fingerprint density at radius 3 is 1.68 bits per heavy atom. The van der Waals surface area contributed by atoms with E-state index in [2.05, 4.69) is 175 Å². The molecule has 0 amide bonds. The topological polar surface area (TPSA) is 13.0 Å². The maximum atomic E-state index is 3.07. The van der Waals surface area contributed by atoms with Crippen LogP contribution in [0, 0.1) is 11.3 Å². The Morgan fingerprint density at radius 1 is 0.507 bits per heavy atom. The van der Waals surface area contributed by atoms with Crippen LogP contribution in [0.2, 0.25) is 0 Å². The first-order valence-electron chi connectivity index (χ1n) is 26.6. The van der Waals surface area contributed by atoms with Crippen molar-refractivity contribution in [2.75, 3.05) is 19.2 Å². The van der Waals surface area contributed by atoms with Crippen LogP contribution in [0.4, 0.5) is 39.8 Å². The molecule has 2 fully saturated rings. The van der Waals surface area contributed by atoms with Crippen LogP contribution in [-0.2, 0) is 10.8 Å². The highest BCUT2D eigenvalue weighted by Gasteiger charge is 2.67. The van der Waals surface area contributed by atoms with Gasteiger partial charge in [-0.1, -0.05) is 181 Å². The van der Waals surface area contributed by atoms with Gasteiger partial charge in [0.15, 0.2) is 0 Å². The summed E-state index contributed by atoms with van der Waals surface area (Å²) in [5, 5.41) is 0. The monoisotopic (exact) mass is 936 g/mol. The van der Waals surface area contributed by atoms with E-state index in [0.29, 0.717) is 17.9 Å². The van der Waals surface area contributed by atoms with Gasteiger partial charge in [-0.25, -0.2) is 0 Å². The van der Waals surface area contributed by atoms with Crippen molar-refractivity contribution in [3.8, 4) is 0 Å². The molecule has 344 valence electrons. The fourth-order valence-electron chi connectivity index (χ4n) is 15.9. The van der Waals surface area contributed by atoms with Crippen molar-refractivity contribution in [2.45, 2.75) is 154 Å². The van der Waals surface area contributed by atoms with E-state index in [1.54, 1.807) is 16.7 Å². The molecule has 2 atom stereocenters. The molecule has 3 aliphatic carbocycles. The standard InChI is InChI=1S/C61H62B2N4S2/c1-59(2)42-36-40(38-20-8-6-9-21-38)32-34-45(42)64-55-53(59)56-58-54(57(55)66-47-27-15-19-31-51(47)68-48-28-16-12-24-43(48)62(64)66)60(3,4)61(5)37-41(39-22-10-7-11-23-39)33-35-52(61)67(58)63-44-25-13-17-29-49(44)69-50-30-18-14-26-46(50)65(56)63/h12-19,24-34,36,38-39,52H,6-11,20-23,35,37H2,1-5H3. The van der Waals surface area contributed by atoms with Crippen LogP contribution in [0.5, 0.6) is 0 Å². The van der Waals surface area contributed by atoms with Crippen LogP contribution in [0.1, 0.15) is 140 Å². The molecule has 4 nitrogen and oxygen atoms in total. The van der Waals surface area contributed by atoms with Gasteiger partial charge in [0.25, 0.3) is 0 Å². The lowest BCUT2D eigenvalue weighted by molar-refractivity contribution is 0.105. The van der Waals surface area contributed by atoms with Crippen LogP contribution in [-0.4, -0.2) is 20.0 Å². The number of benzene rings is 6. The van der Waals surface area contributed by atoms with E-state index in [9.17, 15) is 0 Å².